The summed E-state index contributed by atoms with van der Waals surface area (Å²) in [4.78, 5) is 11.5. The highest BCUT2D eigenvalue weighted by atomic mass is 35.5. The van der Waals surface area contributed by atoms with Crippen LogP contribution in [0.25, 0.3) is 0 Å². The zero-order valence-electron chi connectivity index (χ0n) is 11.6. The first-order valence-corrected chi connectivity index (χ1v) is 6.25. The Morgan fingerprint density at radius 2 is 1.71 bits per heavy atom. The van der Waals surface area contributed by atoms with Gasteiger partial charge in [0.15, 0.2) is 0 Å². The molecule has 1 aromatic carbocycles. The maximum absolute atomic E-state index is 12.7. The minimum Gasteiger partial charge on any atom is -0.733 e. The predicted molar refractivity (Wildman–Crippen MR) is 71.8 cm³/mol. The minimum atomic E-state index is -5.84. The second kappa shape index (κ2) is 6.53. The number of benzene rings is 1. The molecule has 0 bridgehead atoms. The largest absolute Gasteiger partial charge is 0.733 e. The maximum atomic E-state index is 12.7. The van der Waals surface area contributed by atoms with E-state index < -0.39 is 40.5 Å². The third kappa shape index (κ3) is 4.13. The van der Waals surface area contributed by atoms with E-state index in [1.54, 1.807) is 5.32 Å². The van der Waals surface area contributed by atoms with Crippen LogP contribution in [0, 0.1) is 5.21 Å². The van der Waals surface area contributed by atoms with Crippen LogP contribution in [0.2, 0.25) is 5.02 Å². The van der Waals surface area contributed by atoms with E-state index >= 15 is 0 Å². The van der Waals surface area contributed by atoms with E-state index in [-0.39, 0.29) is 11.9 Å². The van der Waals surface area contributed by atoms with E-state index in [0.717, 1.165) is 23.5 Å². The van der Waals surface area contributed by atoms with Crippen molar-refractivity contribution in [1.82, 2.24) is 5.32 Å². The van der Waals surface area contributed by atoms with E-state index in [1.807, 2.05) is 0 Å². The molecule has 0 atom stereocenters. The summed E-state index contributed by atoms with van der Waals surface area (Å²) in [6, 6.07) is 0.905. The minimum absolute atomic E-state index is 0.0821. The number of nitrogens with zero attached hydrogens (tertiary/aromatic N) is 1. The molecule has 0 saturated heterocycles. The van der Waals surface area contributed by atoms with E-state index in [2.05, 4.69) is 0 Å². The number of urea groups is 1. The van der Waals surface area contributed by atoms with Gasteiger partial charge in [-0.3, -0.25) is 5.21 Å². The topological polar surface area (TPSA) is 87.7 Å². The average Bonchev–Trinajstić information content (AvgIpc) is 2.37. The van der Waals surface area contributed by atoms with Crippen molar-refractivity contribution in [3.05, 3.63) is 28.4 Å². The molecule has 6 nitrogen and oxygen atoms in total. The Morgan fingerprint density at radius 3 is 2.12 bits per heavy atom. The molecule has 24 heavy (non-hydrogen) atoms. The van der Waals surface area contributed by atoms with Crippen LogP contribution in [-0.4, -0.2) is 29.1 Å². The van der Waals surface area contributed by atoms with Gasteiger partial charge in [0.2, 0.25) is 5.54 Å². The van der Waals surface area contributed by atoms with Crippen LogP contribution in [0.5, 0.6) is 0 Å². The Bertz CT molecular complexity index is 606. The fourth-order valence-corrected chi connectivity index (χ4v) is 1.62. The summed E-state index contributed by atoms with van der Waals surface area (Å²) in [6.45, 7) is -0.263. The number of anilines is 2. The summed E-state index contributed by atoms with van der Waals surface area (Å²) < 4.78 is 76.1. The Hall–Kier alpha value is -1.92. The Kier molecular flexibility index (Phi) is 5.48. The summed E-state index contributed by atoms with van der Waals surface area (Å²) in [7, 11) is 0. The zero-order valence-corrected chi connectivity index (χ0v) is 12.3. The third-order valence-corrected chi connectivity index (χ3v) is 3.15. The van der Waals surface area contributed by atoms with E-state index in [1.165, 1.54) is 0 Å². The number of hydrogen-bond donors (Lipinski definition) is 3. The molecule has 0 unspecified atom stereocenters. The molecule has 0 heterocycles. The smallest absolute Gasteiger partial charge is 0.420 e. The van der Waals surface area contributed by atoms with Crippen LogP contribution < -0.4 is 15.9 Å². The second-order valence-corrected chi connectivity index (χ2v) is 5.07. The number of hydrogen-bond acceptors (Lipinski definition) is 4. The molecule has 1 rings (SSSR count). The lowest BCUT2D eigenvalue weighted by atomic mass is 10.0. The van der Waals surface area contributed by atoms with E-state index in [0.29, 0.717) is 0 Å². The highest BCUT2D eigenvalue weighted by molar-refractivity contribution is 6.31. The summed E-state index contributed by atoms with van der Waals surface area (Å²) in [5, 5.41) is 21.2. The fraction of sp³-hybridized carbons (Fsp3) is 0.364. The van der Waals surface area contributed by atoms with Crippen LogP contribution in [0.15, 0.2) is 18.2 Å². The first-order valence-electron chi connectivity index (χ1n) is 5.87. The maximum Gasteiger partial charge on any atom is 0.420 e. The van der Waals surface area contributed by atoms with Crippen LogP contribution >= 0.6 is 11.6 Å². The van der Waals surface area contributed by atoms with Gasteiger partial charge in [-0.05, 0) is 25.1 Å². The molecule has 1 aromatic rings. The number of carbonyl (C=O) groups is 1. The van der Waals surface area contributed by atoms with Crippen molar-refractivity contribution in [2.45, 2.75) is 24.8 Å². The molecule has 2 amide bonds. The van der Waals surface area contributed by atoms with Crippen molar-refractivity contribution < 1.29 is 36.3 Å². The molecule has 13 heteroatoms. The van der Waals surface area contributed by atoms with Crippen LogP contribution in [0.1, 0.15) is 6.92 Å². The SMILES string of the molecule is CC(NC(=O)Nc1ccc(Cl)cc1N([O-])O)(C(F)(F)F)C(F)(F)F. The predicted octanol–water partition coefficient (Wildman–Crippen LogP) is 4.04. The van der Waals surface area contributed by atoms with Gasteiger partial charge in [-0.15, -0.1) is 0 Å². The Labute approximate surface area is 135 Å². The third-order valence-electron chi connectivity index (χ3n) is 2.91. The highest BCUT2D eigenvalue weighted by Gasteiger charge is 2.68. The van der Waals surface area contributed by atoms with Gasteiger partial charge in [-0.1, -0.05) is 11.6 Å². The number of carbonyl (C=O) groups excluding carboxylic acids is 1. The molecule has 0 saturated carbocycles. The van der Waals surface area contributed by atoms with Crippen molar-refractivity contribution in [1.29, 1.82) is 0 Å². The van der Waals surface area contributed by atoms with Crippen molar-refractivity contribution in [3.63, 3.8) is 0 Å². The molecule has 3 N–H and O–H groups in total. The molecule has 0 aliphatic rings. The average molecular weight is 381 g/mol. The summed E-state index contributed by atoms with van der Waals surface area (Å²) in [5.74, 6) is 0. The molecule has 0 radical (unpaired) electrons. The molecule has 0 spiro atoms. The molecular formula is C11H9ClF6N3O3-. The normalized spacial score (nSPS) is 12.8. The monoisotopic (exact) mass is 380 g/mol. The van der Waals surface area contributed by atoms with Gasteiger partial charge >= 0.3 is 18.4 Å². The molecule has 136 valence electrons. The lowest BCUT2D eigenvalue weighted by Crippen LogP contribution is -2.66. The molecule has 0 aromatic heterocycles. The Balaban J connectivity index is 3.09. The van der Waals surface area contributed by atoms with Crippen LogP contribution in [0.3, 0.4) is 0 Å². The van der Waals surface area contributed by atoms with Crippen molar-refractivity contribution >= 4 is 29.0 Å². The van der Waals surface area contributed by atoms with Crippen LogP contribution in [0.4, 0.5) is 42.5 Å². The zero-order chi connectivity index (χ0) is 18.9. The van der Waals surface area contributed by atoms with Gasteiger partial charge in [0, 0.05) is 5.02 Å². The molecular weight excluding hydrogens is 372 g/mol. The summed E-state index contributed by atoms with van der Waals surface area (Å²) in [6.07, 6.45) is -11.7. The number of alkyl halides is 6. The summed E-state index contributed by atoms with van der Waals surface area (Å²) in [5.41, 5.74) is -5.80. The number of nitrogens with one attached hydrogen (secondary N) is 2. The van der Waals surface area contributed by atoms with Gasteiger partial charge in [0.05, 0.1) is 11.4 Å². The van der Waals surface area contributed by atoms with Gasteiger partial charge in [0.25, 0.3) is 0 Å². The summed E-state index contributed by atoms with van der Waals surface area (Å²) >= 11 is 5.52. The lowest BCUT2D eigenvalue weighted by molar-refractivity contribution is -0.297. The number of rotatable bonds is 3. The first kappa shape index (κ1) is 20.1. The van der Waals surface area contributed by atoms with Gasteiger partial charge in [-0.25, -0.2) is 4.79 Å². The molecule has 0 aliphatic heterocycles. The molecule has 0 fully saturated rings. The van der Waals surface area contributed by atoms with E-state index in [9.17, 15) is 36.3 Å². The Morgan fingerprint density at radius 1 is 1.21 bits per heavy atom. The van der Waals surface area contributed by atoms with E-state index in [4.69, 9.17) is 16.8 Å². The lowest BCUT2D eigenvalue weighted by Gasteiger charge is -2.34. The first-order chi connectivity index (χ1) is 10.7. The van der Waals surface area contributed by atoms with Gasteiger partial charge in [0.1, 0.15) is 0 Å². The number of amides is 2. The standard InChI is InChI=1S/C11H9ClF6N3O3/c1-9(10(13,14)15,11(16,17)18)20-8(22)19-6-3-2-5(12)4-7(6)21(23)24/h2-4,23H,1H3,(H2,19,20,22)/q-1. The van der Waals surface area contributed by atoms with Crippen molar-refractivity contribution in [2.75, 3.05) is 10.5 Å². The van der Waals surface area contributed by atoms with Gasteiger partial charge in [-0.2, -0.15) is 26.3 Å². The van der Waals surface area contributed by atoms with Crippen molar-refractivity contribution in [2.24, 2.45) is 0 Å². The quantitative estimate of drug-likeness (QED) is 0.545. The highest BCUT2D eigenvalue weighted by Crippen LogP contribution is 2.42. The fourth-order valence-electron chi connectivity index (χ4n) is 1.45. The van der Waals surface area contributed by atoms with Crippen molar-refractivity contribution in [3.8, 4) is 0 Å². The van der Waals surface area contributed by atoms with Gasteiger partial charge < -0.3 is 21.1 Å². The van der Waals surface area contributed by atoms with Crippen LogP contribution in [-0.2, 0) is 0 Å². The molecule has 0 aliphatic carbocycles. The number of halogens is 7. The second-order valence-electron chi connectivity index (χ2n) is 4.63.